The lowest BCUT2D eigenvalue weighted by molar-refractivity contribution is -0.139. The Morgan fingerprint density at radius 1 is 1.71 bits per heavy atom. The van der Waals surface area contributed by atoms with Gasteiger partial charge in [-0.15, -0.1) is 0 Å². The maximum absolute atomic E-state index is 11.6. The summed E-state index contributed by atoms with van der Waals surface area (Å²) >= 11 is 0. The van der Waals surface area contributed by atoms with Crippen LogP contribution in [0.5, 0.6) is 0 Å². The van der Waals surface area contributed by atoms with E-state index in [9.17, 15) is 9.59 Å². The van der Waals surface area contributed by atoms with E-state index in [-0.39, 0.29) is 24.1 Å². The van der Waals surface area contributed by atoms with Gasteiger partial charge in [0.1, 0.15) is 0 Å². The summed E-state index contributed by atoms with van der Waals surface area (Å²) in [5.41, 5.74) is 0. The monoisotopic (exact) mass is 198 g/mol. The number of rotatable bonds is 4. The molecule has 78 valence electrons. The first-order valence-electron chi connectivity index (χ1n) is 4.47. The number of nitrogens with one attached hydrogen (secondary N) is 1. The van der Waals surface area contributed by atoms with E-state index in [0.717, 1.165) is 4.90 Å². The van der Waals surface area contributed by atoms with Crippen LogP contribution >= 0.6 is 0 Å². The normalized spacial score (nSPS) is 21.6. The summed E-state index contributed by atoms with van der Waals surface area (Å²) < 4.78 is 5.02. The summed E-state index contributed by atoms with van der Waals surface area (Å²) in [6.07, 6.45) is 0.168. The lowest BCUT2D eigenvalue weighted by Crippen LogP contribution is -2.36. The van der Waals surface area contributed by atoms with Gasteiger partial charge in [-0.1, -0.05) is 0 Å². The summed E-state index contributed by atoms with van der Waals surface area (Å²) in [5, 5.41) is 2.76. The van der Waals surface area contributed by atoms with Crippen molar-refractivity contribution < 1.29 is 14.3 Å². The molecule has 1 unspecified atom stereocenters. The molecule has 1 atom stereocenters. The second-order valence-corrected chi connectivity index (χ2v) is 2.94. The van der Waals surface area contributed by atoms with Gasteiger partial charge in [-0.3, -0.25) is 9.59 Å². The highest BCUT2D eigenvalue weighted by Gasteiger charge is 2.39. The zero-order valence-corrected chi connectivity index (χ0v) is 8.37. The molecule has 0 spiro atoms. The fourth-order valence-corrected chi connectivity index (χ4v) is 1.35. The molecule has 0 radical (unpaired) electrons. The Morgan fingerprint density at radius 3 is 2.79 bits per heavy atom. The maximum Gasteiger partial charge on any atom is 0.253 e. The minimum Gasteiger partial charge on any atom is -0.479 e. The van der Waals surface area contributed by atoms with Crippen LogP contribution in [0.3, 0.4) is 0 Å². The number of likely N-dealkylation sites (tertiary alicyclic amines) is 1. The van der Waals surface area contributed by atoms with Gasteiger partial charge >= 0.3 is 0 Å². The lowest BCUT2D eigenvalue weighted by atomic mass is 10.2. The van der Waals surface area contributed by atoms with Crippen molar-refractivity contribution in [2.75, 3.05) is 13.7 Å². The van der Waals surface area contributed by atoms with E-state index in [1.165, 1.54) is 0 Å². The largest absolute Gasteiger partial charge is 0.479 e. The molecule has 1 aliphatic rings. The van der Waals surface area contributed by atoms with Crippen LogP contribution in [0, 0.1) is 0 Å². The molecule has 1 saturated heterocycles. The van der Waals surface area contributed by atoms with E-state index in [1.54, 1.807) is 14.0 Å². The molecule has 0 aromatic rings. The van der Waals surface area contributed by atoms with E-state index >= 15 is 0 Å². The fraction of sp³-hybridized carbons (Fsp3) is 0.556. The molecule has 1 N–H and O–H groups in total. The fourth-order valence-electron chi connectivity index (χ4n) is 1.35. The third kappa shape index (κ3) is 1.77. The third-order valence-corrected chi connectivity index (χ3v) is 2.06. The molecule has 5 nitrogen and oxygen atoms in total. The van der Waals surface area contributed by atoms with Crippen LogP contribution in [-0.4, -0.2) is 36.4 Å². The molecule has 0 bridgehead atoms. The third-order valence-electron chi connectivity index (χ3n) is 2.06. The Bertz CT molecular complexity index is 275. The van der Waals surface area contributed by atoms with E-state index in [0.29, 0.717) is 6.61 Å². The number of likely N-dealkylation sites (N-methyl/N-ethyl adjacent to an activating group) is 1. The quantitative estimate of drug-likeness (QED) is 0.504. The average molecular weight is 198 g/mol. The van der Waals surface area contributed by atoms with Gasteiger partial charge in [0.05, 0.1) is 19.1 Å². The van der Waals surface area contributed by atoms with Crippen molar-refractivity contribution in [1.82, 2.24) is 10.2 Å². The van der Waals surface area contributed by atoms with Crippen molar-refractivity contribution in [1.29, 1.82) is 0 Å². The molecule has 1 aliphatic heterocycles. The van der Waals surface area contributed by atoms with Crippen LogP contribution in [0.4, 0.5) is 0 Å². The number of imide groups is 1. The molecule has 14 heavy (non-hydrogen) atoms. The van der Waals surface area contributed by atoms with Crippen LogP contribution in [-0.2, 0) is 14.3 Å². The number of carbonyl (C=O) groups is 2. The standard InChI is InChI=1S/C9H14N2O3/c1-4-14-6(2)11-8(12)5-7(10-3)9(11)13/h7,10H,2,4-5H2,1,3H3. The van der Waals surface area contributed by atoms with Gasteiger partial charge in [0.2, 0.25) is 5.91 Å². The van der Waals surface area contributed by atoms with E-state index in [1.807, 2.05) is 0 Å². The van der Waals surface area contributed by atoms with Crippen LogP contribution in [0.15, 0.2) is 12.5 Å². The summed E-state index contributed by atoms with van der Waals surface area (Å²) in [6, 6.07) is -0.445. The Hall–Kier alpha value is -1.36. The molecule has 0 aromatic heterocycles. The predicted molar refractivity (Wildman–Crippen MR) is 50.1 cm³/mol. The van der Waals surface area contributed by atoms with Crippen molar-refractivity contribution in [2.45, 2.75) is 19.4 Å². The molecule has 2 amide bonds. The SMILES string of the molecule is C=C(OCC)N1C(=O)CC(NC)C1=O. The molecule has 1 fully saturated rings. The van der Waals surface area contributed by atoms with Crippen LogP contribution < -0.4 is 5.32 Å². The highest BCUT2D eigenvalue weighted by Crippen LogP contribution is 2.17. The molecule has 0 aliphatic carbocycles. The molecule has 5 heteroatoms. The first-order valence-corrected chi connectivity index (χ1v) is 4.47. The minimum absolute atomic E-state index is 0.111. The smallest absolute Gasteiger partial charge is 0.253 e. The van der Waals surface area contributed by atoms with Gasteiger partial charge in [-0.25, -0.2) is 4.90 Å². The molecule has 1 heterocycles. The predicted octanol–water partition coefficient (Wildman–Crippen LogP) is -0.159. The van der Waals surface area contributed by atoms with Crippen molar-refractivity contribution in [3.8, 4) is 0 Å². The summed E-state index contributed by atoms with van der Waals surface area (Å²) in [7, 11) is 1.64. The molecule has 0 saturated carbocycles. The molecule has 1 rings (SSSR count). The number of carbonyl (C=O) groups excluding carboxylic acids is 2. The van der Waals surface area contributed by atoms with Crippen molar-refractivity contribution in [3.63, 3.8) is 0 Å². The minimum atomic E-state index is -0.445. The lowest BCUT2D eigenvalue weighted by Gasteiger charge is -2.16. The Labute approximate surface area is 82.7 Å². The zero-order chi connectivity index (χ0) is 10.7. The average Bonchev–Trinajstić information content (AvgIpc) is 2.41. The molecular weight excluding hydrogens is 184 g/mol. The van der Waals surface area contributed by atoms with E-state index in [2.05, 4.69) is 11.9 Å². The Balaban J connectivity index is 2.74. The number of nitrogens with zero attached hydrogens (tertiary/aromatic N) is 1. The zero-order valence-electron chi connectivity index (χ0n) is 8.37. The van der Waals surface area contributed by atoms with Crippen LogP contribution in [0.25, 0.3) is 0 Å². The number of hydrogen-bond donors (Lipinski definition) is 1. The molecular formula is C9H14N2O3. The Kier molecular flexibility index (Phi) is 3.24. The van der Waals surface area contributed by atoms with Gasteiger partial charge in [0.25, 0.3) is 5.91 Å². The van der Waals surface area contributed by atoms with Crippen molar-refractivity contribution >= 4 is 11.8 Å². The van der Waals surface area contributed by atoms with Gasteiger partial charge in [0.15, 0.2) is 5.88 Å². The van der Waals surface area contributed by atoms with Crippen molar-refractivity contribution in [2.24, 2.45) is 0 Å². The number of amides is 2. The van der Waals surface area contributed by atoms with Gasteiger partial charge < -0.3 is 10.1 Å². The van der Waals surface area contributed by atoms with Gasteiger partial charge in [-0.2, -0.15) is 0 Å². The number of ether oxygens (including phenoxy) is 1. The van der Waals surface area contributed by atoms with E-state index < -0.39 is 6.04 Å². The van der Waals surface area contributed by atoms with Gasteiger partial charge in [-0.05, 0) is 20.6 Å². The van der Waals surface area contributed by atoms with Crippen LogP contribution in [0.2, 0.25) is 0 Å². The van der Waals surface area contributed by atoms with Crippen LogP contribution in [0.1, 0.15) is 13.3 Å². The second kappa shape index (κ2) is 4.23. The van der Waals surface area contributed by atoms with Crippen molar-refractivity contribution in [3.05, 3.63) is 12.5 Å². The Morgan fingerprint density at radius 2 is 2.36 bits per heavy atom. The first-order chi connectivity index (χ1) is 6.61. The topological polar surface area (TPSA) is 58.6 Å². The molecule has 0 aromatic carbocycles. The highest BCUT2D eigenvalue weighted by molar-refractivity contribution is 6.06. The first kappa shape index (κ1) is 10.7. The number of hydrogen-bond acceptors (Lipinski definition) is 4. The summed E-state index contributed by atoms with van der Waals surface area (Å²) in [5.74, 6) is -0.455. The van der Waals surface area contributed by atoms with Gasteiger partial charge in [0, 0.05) is 0 Å². The second-order valence-electron chi connectivity index (χ2n) is 2.94. The highest BCUT2D eigenvalue weighted by atomic mass is 16.5. The summed E-state index contributed by atoms with van der Waals surface area (Å²) in [4.78, 5) is 24.0. The summed E-state index contributed by atoms with van der Waals surface area (Å²) in [6.45, 7) is 5.69. The maximum atomic E-state index is 11.6. The van der Waals surface area contributed by atoms with E-state index in [4.69, 9.17) is 4.74 Å².